The molecule has 2 aliphatic rings. The number of carbonyl (C=O) groups is 1. The number of carbonyl (C=O) groups excluding carboxylic acids is 1. The SMILES string of the molecule is CC1(C)C2CCC1(C)C(NC(=O)Cc1ccc(C(F)(F)F)cc1)C2. The van der Waals surface area contributed by atoms with Gasteiger partial charge in [0, 0.05) is 6.04 Å². The molecule has 0 aromatic heterocycles. The normalized spacial score (nSPS) is 31.2. The largest absolute Gasteiger partial charge is 0.416 e. The van der Waals surface area contributed by atoms with E-state index >= 15 is 0 Å². The Morgan fingerprint density at radius 2 is 1.83 bits per heavy atom. The third-order valence-corrected chi connectivity index (χ3v) is 6.78. The van der Waals surface area contributed by atoms with Gasteiger partial charge in [-0.2, -0.15) is 13.2 Å². The fraction of sp³-hybridized carbons (Fsp3) is 0.632. The number of hydrogen-bond donors (Lipinski definition) is 1. The van der Waals surface area contributed by atoms with Crippen LogP contribution in [0.1, 0.15) is 51.2 Å². The van der Waals surface area contributed by atoms with Gasteiger partial charge < -0.3 is 5.32 Å². The molecule has 1 amide bonds. The Morgan fingerprint density at radius 3 is 2.29 bits per heavy atom. The number of rotatable bonds is 3. The summed E-state index contributed by atoms with van der Waals surface area (Å²) in [6.45, 7) is 6.82. The Hall–Kier alpha value is -1.52. The van der Waals surface area contributed by atoms with Crippen molar-refractivity contribution in [3.05, 3.63) is 35.4 Å². The van der Waals surface area contributed by atoms with Gasteiger partial charge in [-0.1, -0.05) is 32.9 Å². The smallest absolute Gasteiger partial charge is 0.353 e. The van der Waals surface area contributed by atoms with Gasteiger partial charge in [-0.25, -0.2) is 0 Å². The second-order valence-electron chi connectivity index (χ2n) is 8.10. The van der Waals surface area contributed by atoms with Crippen LogP contribution in [0.3, 0.4) is 0 Å². The van der Waals surface area contributed by atoms with Crippen LogP contribution in [-0.4, -0.2) is 11.9 Å². The van der Waals surface area contributed by atoms with Crippen LogP contribution in [0.4, 0.5) is 13.2 Å². The minimum atomic E-state index is -4.34. The summed E-state index contributed by atoms with van der Waals surface area (Å²) >= 11 is 0. The highest BCUT2D eigenvalue weighted by atomic mass is 19.4. The van der Waals surface area contributed by atoms with E-state index in [-0.39, 0.29) is 29.2 Å². The number of alkyl halides is 3. The lowest BCUT2D eigenvalue weighted by Crippen LogP contribution is -2.47. The van der Waals surface area contributed by atoms with Gasteiger partial charge in [0.15, 0.2) is 0 Å². The summed E-state index contributed by atoms with van der Waals surface area (Å²) in [6, 6.07) is 4.99. The Kier molecular flexibility index (Phi) is 3.97. The lowest BCUT2D eigenvalue weighted by molar-refractivity contribution is -0.137. The van der Waals surface area contributed by atoms with Gasteiger partial charge >= 0.3 is 6.18 Å². The monoisotopic (exact) mass is 339 g/mol. The molecule has 1 aromatic rings. The topological polar surface area (TPSA) is 29.1 Å². The minimum absolute atomic E-state index is 0.105. The zero-order valence-electron chi connectivity index (χ0n) is 14.3. The molecule has 2 nitrogen and oxygen atoms in total. The molecular weight excluding hydrogens is 315 g/mol. The van der Waals surface area contributed by atoms with Gasteiger partial charge in [-0.05, 0) is 53.7 Å². The lowest BCUT2D eigenvalue weighted by Gasteiger charge is -2.39. The second kappa shape index (κ2) is 5.50. The van der Waals surface area contributed by atoms with Crippen molar-refractivity contribution in [3.8, 4) is 0 Å². The maximum absolute atomic E-state index is 12.6. The van der Waals surface area contributed by atoms with Crippen LogP contribution in [-0.2, 0) is 17.4 Å². The van der Waals surface area contributed by atoms with Crippen molar-refractivity contribution in [1.82, 2.24) is 5.32 Å². The van der Waals surface area contributed by atoms with Gasteiger partial charge in [-0.3, -0.25) is 4.79 Å². The summed E-state index contributed by atoms with van der Waals surface area (Å²) in [4.78, 5) is 12.3. The highest BCUT2D eigenvalue weighted by molar-refractivity contribution is 5.79. The number of amides is 1. The summed E-state index contributed by atoms with van der Waals surface area (Å²) in [5.74, 6) is 0.531. The highest BCUT2D eigenvalue weighted by Crippen LogP contribution is 2.65. The molecule has 0 radical (unpaired) electrons. The Morgan fingerprint density at radius 1 is 1.21 bits per heavy atom. The van der Waals surface area contributed by atoms with Gasteiger partial charge in [0.2, 0.25) is 5.91 Å². The second-order valence-corrected chi connectivity index (χ2v) is 8.10. The molecule has 3 rings (SSSR count). The first-order chi connectivity index (χ1) is 11.0. The van der Waals surface area contributed by atoms with Crippen molar-refractivity contribution in [3.63, 3.8) is 0 Å². The molecule has 1 aromatic carbocycles. The van der Waals surface area contributed by atoms with Gasteiger partial charge in [0.05, 0.1) is 12.0 Å². The number of hydrogen-bond acceptors (Lipinski definition) is 1. The van der Waals surface area contributed by atoms with E-state index in [2.05, 4.69) is 26.1 Å². The van der Waals surface area contributed by atoms with Crippen molar-refractivity contribution >= 4 is 5.91 Å². The number of nitrogens with one attached hydrogen (secondary N) is 1. The van der Waals surface area contributed by atoms with E-state index in [0.29, 0.717) is 11.5 Å². The van der Waals surface area contributed by atoms with E-state index in [1.165, 1.54) is 18.6 Å². The van der Waals surface area contributed by atoms with E-state index in [9.17, 15) is 18.0 Å². The van der Waals surface area contributed by atoms with Crippen molar-refractivity contribution in [2.45, 2.75) is 58.7 Å². The molecule has 3 unspecified atom stereocenters. The van der Waals surface area contributed by atoms with Crippen LogP contribution in [0.25, 0.3) is 0 Å². The van der Waals surface area contributed by atoms with Crippen LogP contribution >= 0.6 is 0 Å². The molecule has 24 heavy (non-hydrogen) atoms. The average molecular weight is 339 g/mol. The van der Waals surface area contributed by atoms with Crippen LogP contribution in [0.15, 0.2) is 24.3 Å². The fourth-order valence-electron chi connectivity index (χ4n) is 4.66. The molecule has 0 spiro atoms. The van der Waals surface area contributed by atoms with Crippen LogP contribution in [0, 0.1) is 16.7 Å². The molecule has 0 saturated heterocycles. The Balaban J connectivity index is 1.63. The molecule has 5 heteroatoms. The number of halogens is 3. The fourth-order valence-corrected chi connectivity index (χ4v) is 4.66. The summed E-state index contributed by atoms with van der Waals surface area (Å²) in [7, 11) is 0. The first-order valence-corrected chi connectivity index (χ1v) is 8.49. The summed E-state index contributed by atoms with van der Waals surface area (Å²) < 4.78 is 37.7. The Labute approximate surface area is 140 Å². The van der Waals surface area contributed by atoms with E-state index < -0.39 is 11.7 Å². The third kappa shape index (κ3) is 2.72. The number of fused-ring (bicyclic) bond motifs is 2. The zero-order chi connectivity index (χ0) is 17.8. The van der Waals surface area contributed by atoms with Crippen molar-refractivity contribution in [2.75, 3.05) is 0 Å². The molecule has 2 bridgehead atoms. The molecule has 2 fully saturated rings. The van der Waals surface area contributed by atoms with E-state index in [1.807, 2.05) is 0 Å². The van der Waals surface area contributed by atoms with Crippen molar-refractivity contribution < 1.29 is 18.0 Å². The van der Waals surface area contributed by atoms with E-state index in [4.69, 9.17) is 0 Å². The molecule has 0 heterocycles. The van der Waals surface area contributed by atoms with E-state index in [1.54, 1.807) is 0 Å². The summed E-state index contributed by atoms with van der Waals surface area (Å²) in [6.07, 6.45) is -0.882. The van der Waals surface area contributed by atoms with Crippen molar-refractivity contribution in [2.24, 2.45) is 16.7 Å². The average Bonchev–Trinajstić information content (AvgIpc) is 2.80. The van der Waals surface area contributed by atoms with Gasteiger partial charge in [0.1, 0.15) is 0 Å². The van der Waals surface area contributed by atoms with Crippen LogP contribution < -0.4 is 5.32 Å². The lowest BCUT2D eigenvalue weighted by atomic mass is 9.69. The van der Waals surface area contributed by atoms with E-state index in [0.717, 1.165) is 25.0 Å². The van der Waals surface area contributed by atoms with Crippen molar-refractivity contribution in [1.29, 1.82) is 0 Å². The molecule has 0 aliphatic heterocycles. The first-order valence-electron chi connectivity index (χ1n) is 8.49. The highest BCUT2D eigenvalue weighted by Gasteiger charge is 2.61. The molecular formula is C19H24F3NO. The maximum atomic E-state index is 12.6. The minimum Gasteiger partial charge on any atom is -0.353 e. The maximum Gasteiger partial charge on any atom is 0.416 e. The molecule has 3 atom stereocenters. The van der Waals surface area contributed by atoms with Crippen LogP contribution in [0.5, 0.6) is 0 Å². The molecule has 132 valence electrons. The quantitative estimate of drug-likeness (QED) is 0.858. The standard InChI is InChI=1S/C19H24F3NO/c1-17(2)14-8-9-18(17,3)15(11-14)23-16(24)10-12-4-6-13(7-5-12)19(20,21)22/h4-7,14-15H,8-11H2,1-3H3,(H,23,24). The summed E-state index contributed by atoms with van der Waals surface area (Å²) in [5.41, 5.74) is 0.245. The molecule has 1 N–H and O–H groups in total. The molecule has 2 saturated carbocycles. The predicted molar refractivity (Wildman–Crippen MR) is 86.3 cm³/mol. The predicted octanol–water partition coefficient (Wildman–Crippen LogP) is 4.58. The summed E-state index contributed by atoms with van der Waals surface area (Å²) in [5, 5.41) is 3.14. The van der Waals surface area contributed by atoms with Gasteiger partial charge in [0.25, 0.3) is 0 Å². The zero-order valence-corrected chi connectivity index (χ0v) is 14.3. The van der Waals surface area contributed by atoms with Gasteiger partial charge in [-0.15, -0.1) is 0 Å². The molecule has 2 aliphatic carbocycles. The van der Waals surface area contributed by atoms with Crippen LogP contribution in [0.2, 0.25) is 0 Å². The third-order valence-electron chi connectivity index (χ3n) is 6.78. The Bertz CT molecular complexity index is 635. The number of benzene rings is 1. The first kappa shape index (κ1) is 17.3.